The van der Waals surface area contributed by atoms with Crippen LogP contribution in [-0.2, 0) is 32.8 Å². The molecule has 4 aliphatic carbocycles. The summed E-state index contributed by atoms with van der Waals surface area (Å²) in [7, 11) is 2.38. The fourth-order valence-electron chi connectivity index (χ4n) is 9.24. The van der Waals surface area contributed by atoms with Crippen LogP contribution in [0.4, 0.5) is 9.59 Å². The van der Waals surface area contributed by atoms with E-state index in [1.165, 1.54) is 26.2 Å². The molecule has 0 N–H and O–H groups in total. The predicted molar refractivity (Wildman–Crippen MR) is 183 cm³/mol. The summed E-state index contributed by atoms with van der Waals surface area (Å²) in [4.78, 5) is 24.5. The van der Waals surface area contributed by atoms with Crippen molar-refractivity contribution in [1.29, 1.82) is 0 Å². The molecule has 0 aliphatic heterocycles. The third-order valence-corrected chi connectivity index (χ3v) is 12.8. The highest BCUT2D eigenvalue weighted by atomic mass is 28.4. The number of carbonyl (C=O) groups is 2. The second-order valence-corrected chi connectivity index (χ2v) is 20.6. The van der Waals surface area contributed by atoms with Crippen molar-refractivity contribution in [1.82, 2.24) is 0 Å². The largest absolute Gasteiger partial charge is 0.545 e. The van der Waals surface area contributed by atoms with Gasteiger partial charge in [-0.1, -0.05) is 51.0 Å². The molecule has 9 nitrogen and oxygen atoms in total. The number of allylic oxidation sites excluding steroid dienone is 4. The maximum Gasteiger partial charge on any atom is 0.508 e. The number of fused-ring (bicyclic) bond motifs is 5. The van der Waals surface area contributed by atoms with E-state index < -0.39 is 43.9 Å². The Morgan fingerprint density at radius 2 is 1.64 bits per heavy atom. The first-order valence-electron chi connectivity index (χ1n) is 17.4. The highest BCUT2D eigenvalue weighted by Crippen LogP contribution is 2.66. The van der Waals surface area contributed by atoms with Gasteiger partial charge in [0.15, 0.2) is 0 Å². The van der Waals surface area contributed by atoms with Gasteiger partial charge in [-0.3, -0.25) is 0 Å². The lowest BCUT2D eigenvalue weighted by Crippen LogP contribution is -2.54. The molecule has 0 unspecified atom stereocenters. The molecular formula is C37H60O9Si. The standard InChI is InChI=1S/C37H60O9Si/c1-23(19-31(46-47(10,11)12)35(3,4)43-22-40-7)24(2)28-15-16-29-27-14-13-25-20-26(44-33(38)41-8)21-32(45-34(39)42-9)37(25,6)30(27)17-18-36(28,29)5/h13-14,19,23-24,26,28-30,32H,15-18,20-22H2,1-12H3/b31-19-/t23-,24+,26+,28+,29-,30-,32-,36+,37-/m0/s1. The van der Waals surface area contributed by atoms with Gasteiger partial charge in [0.1, 0.15) is 30.4 Å². The fourth-order valence-corrected chi connectivity index (χ4v) is 10.2. The molecule has 3 saturated carbocycles. The topological polar surface area (TPSA) is 98.8 Å². The van der Waals surface area contributed by atoms with Crippen molar-refractivity contribution in [2.45, 2.75) is 118 Å². The third-order valence-electron chi connectivity index (χ3n) is 11.9. The Morgan fingerprint density at radius 1 is 0.979 bits per heavy atom. The maximum atomic E-state index is 12.5. The van der Waals surface area contributed by atoms with Crippen LogP contribution in [0.2, 0.25) is 19.6 Å². The molecule has 0 spiro atoms. The zero-order chi connectivity index (χ0) is 34.9. The van der Waals surface area contributed by atoms with Crippen LogP contribution in [0.3, 0.4) is 0 Å². The molecule has 9 atom stereocenters. The van der Waals surface area contributed by atoms with Crippen LogP contribution in [0.5, 0.6) is 0 Å². The zero-order valence-electron chi connectivity index (χ0n) is 30.9. The highest BCUT2D eigenvalue weighted by molar-refractivity contribution is 6.70. The van der Waals surface area contributed by atoms with Gasteiger partial charge in [0.2, 0.25) is 8.32 Å². The van der Waals surface area contributed by atoms with Crippen molar-refractivity contribution < 1.29 is 42.4 Å². The first kappa shape index (κ1) is 37.5. The Bertz CT molecular complexity index is 1250. The summed E-state index contributed by atoms with van der Waals surface area (Å²) in [5.41, 5.74) is 1.77. The summed E-state index contributed by atoms with van der Waals surface area (Å²) < 4.78 is 39.3. The molecule has 0 aromatic rings. The minimum absolute atomic E-state index is 0.150. The molecule has 0 heterocycles. The number of methoxy groups -OCH3 is 3. The number of hydrogen-bond acceptors (Lipinski definition) is 9. The van der Waals surface area contributed by atoms with E-state index in [1.807, 2.05) is 0 Å². The molecule has 266 valence electrons. The van der Waals surface area contributed by atoms with E-state index in [4.69, 9.17) is 32.8 Å². The lowest BCUT2D eigenvalue weighted by Gasteiger charge is -2.57. The second kappa shape index (κ2) is 14.3. The van der Waals surface area contributed by atoms with Gasteiger partial charge >= 0.3 is 12.3 Å². The molecule has 0 bridgehead atoms. The second-order valence-electron chi connectivity index (χ2n) is 16.2. The summed E-state index contributed by atoms with van der Waals surface area (Å²) in [5.74, 6) is 2.85. The van der Waals surface area contributed by atoms with Crippen molar-refractivity contribution in [3.63, 3.8) is 0 Å². The Kier molecular flexibility index (Phi) is 11.4. The van der Waals surface area contributed by atoms with Gasteiger partial charge < -0.3 is 32.8 Å². The average molecular weight is 677 g/mol. The van der Waals surface area contributed by atoms with Crippen molar-refractivity contribution in [2.75, 3.05) is 28.1 Å². The van der Waals surface area contributed by atoms with E-state index in [9.17, 15) is 9.59 Å². The van der Waals surface area contributed by atoms with Crippen LogP contribution in [0, 0.1) is 40.4 Å². The Labute approximate surface area is 283 Å². The minimum Gasteiger partial charge on any atom is -0.545 e. The first-order valence-corrected chi connectivity index (χ1v) is 20.8. The van der Waals surface area contributed by atoms with Gasteiger partial charge in [-0.25, -0.2) is 9.59 Å². The Balaban J connectivity index is 1.62. The van der Waals surface area contributed by atoms with E-state index in [0.717, 1.165) is 30.6 Å². The van der Waals surface area contributed by atoms with Gasteiger partial charge in [0.25, 0.3) is 0 Å². The monoisotopic (exact) mass is 676 g/mol. The van der Waals surface area contributed by atoms with E-state index in [1.54, 1.807) is 7.11 Å². The van der Waals surface area contributed by atoms with Gasteiger partial charge in [0.05, 0.1) is 14.2 Å². The third kappa shape index (κ3) is 7.64. The smallest absolute Gasteiger partial charge is 0.508 e. The molecule has 4 aliphatic rings. The fraction of sp³-hybridized carbons (Fsp3) is 0.784. The van der Waals surface area contributed by atoms with Crippen LogP contribution in [0.25, 0.3) is 0 Å². The van der Waals surface area contributed by atoms with E-state index in [0.29, 0.717) is 30.6 Å². The van der Waals surface area contributed by atoms with Gasteiger partial charge in [-0.15, -0.1) is 0 Å². The lowest BCUT2D eigenvalue weighted by molar-refractivity contribution is -0.109. The zero-order valence-corrected chi connectivity index (χ0v) is 31.9. The maximum absolute atomic E-state index is 12.5. The lowest BCUT2D eigenvalue weighted by atomic mass is 9.49. The van der Waals surface area contributed by atoms with Crippen LogP contribution >= 0.6 is 0 Å². The number of rotatable bonds is 11. The number of ether oxygens (including phenoxy) is 6. The van der Waals surface area contributed by atoms with Crippen LogP contribution in [0.1, 0.15) is 80.1 Å². The molecule has 10 heteroatoms. The molecule has 0 amide bonds. The molecule has 4 rings (SSSR count). The van der Waals surface area contributed by atoms with Crippen LogP contribution in [-0.4, -0.2) is 66.6 Å². The summed E-state index contributed by atoms with van der Waals surface area (Å²) in [5, 5.41) is 0. The minimum atomic E-state index is -1.89. The molecule has 0 aromatic heterocycles. The average Bonchev–Trinajstić information content (AvgIpc) is 3.36. The highest BCUT2D eigenvalue weighted by Gasteiger charge is 2.60. The van der Waals surface area contributed by atoms with Crippen LogP contribution < -0.4 is 0 Å². The van der Waals surface area contributed by atoms with E-state index in [2.05, 4.69) is 79.4 Å². The van der Waals surface area contributed by atoms with E-state index in [-0.39, 0.29) is 24.0 Å². The predicted octanol–water partition coefficient (Wildman–Crippen LogP) is 8.81. The van der Waals surface area contributed by atoms with Gasteiger partial charge in [-0.2, -0.15) is 0 Å². The normalized spacial score (nSPS) is 33.6. The van der Waals surface area contributed by atoms with Crippen molar-refractivity contribution in [2.24, 2.45) is 40.4 Å². The van der Waals surface area contributed by atoms with Crippen LogP contribution in [0.15, 0.2) is 35.1 Å². The summed E-state index contributed by atoms with van der Waals surface area (Å²) in [6, 6.07) is 0. The number of carbonyl (C=O) groups excluding carboxylic acids is 2. The molecule has 47 heavy (non-hydrogen) atoms. The molecule has 0 aromatic carbocycles. The SMILES string of the molecule is COCOC(C)(C)/C(=C/[C@H](C)[C@@H](C)[C@H]1CC[C@H]2C3=CC=C4C[C@@H](OC(=O)OC)C[C@H](OC(=O)OC)[C@]4(C)[C@H]3CC[C@]12C)O[Si](C)(C)C. The van der Waals surface area contributed by atoms with E-state index >= 15 is 0 Å². The molecule has 0 saturated heterocycles. The van der Waals surface area contributed by atoms with Crippen molar-refractivity contribution in [3.8, 4) is 0 Å². The molecule has 0 radical (unpaired) electrons. The quantitative estimate of drug-likeness (QED) is 0.0920. The summed E-state index contributed by atoms with van der Waals surface area (Å²) in [6.45, 7) is 20.4. The summed E-state index contributed by atoms with van der Waals surface area (Å²) >= 11 is 0. The first-order chi connectivity index (χ1) is 21.9. The summed E-state index contributed by atoms with van der Waals surface area (Å²) in [6.07, 6.45) is 9.91. The van der Waals surface area contributed by atoms with Crippen molar-refractivity contribution in [3.05, 3.63) is 35.1 Å². The molecule has 3 fully saturated rings. The van der Waals surface area contributed by atoms with Gasteiger partial charge in [-0.05, 0) is 100 Å². The molecular weight excluding hydrogens is 616 g/mol. The number of hydrogen-bond donors (Lipinski definition) is 0. The van der Waals surface area contributed by atoms with Gasteiger partial charge in [0, 0.05) is 25.4 Å². The Hall–Kier alpha value is -2.30. The van der Waals surface area contributed by atoms with Crippen molar-refractivity contribution >= 4 is 20.6 Å². The Morgan fingerprint density at radius 3 is 2.26 bits per heavy atom.